The molecule has 31 heavy (non-hydrogen) atoms. The first kappa shape index (κ1) is 19.6. The number of aromatic nitrogens is 2. The van der Waals surface area contributed by atoms with Gasteiger partial charge < -0.3 is 0 Å². The minimum Gasteiger partial charge on any atom is -0.258 e. The van der Waals surface area contributed by atoms with E-state index in [1.807, 2.05) is 53.9 Å². The zero-order valence-electron chi connectivity index (χ0n) is 17.0. The molecule has 6 heteroatoms. The van der Waals surface area contributed by atoms with Crippen LogP contribution < -0.4 is 9.88 Å². The minimum atomic E-state index is -0.368. The van der Waals surface area contributed by atoms with Gasteiger partial charge in [-0.25, -0.2) is 14.2 Å². The lowest BCUT2D eigenvalue weighted by atomic mass is 10.1. The summed E-state index contributed by atoms with van der Waals surface area (Å²) in [5, 5.41) is 5.39. The van der Waals surface area contributed by atoms with Crippen LogP contribution in [0, 0.1) is 12.7 Å². The predicted molar refractivity (Wildman–Crippen MR) is 120 cm³/mol. The third kappa shape index (κ3) is 3.75. The molecular weight excluding hydrogens is 409 g/mol. The van der Waals surface area contributed by atoms with Crippen molar-refractivity contribution in [2.75, 3.05) is 5.32 Å². The molecule has 0 radical (unpaired) electrons. The monoisotopic (exact) mass is 430 g/mol. The number of rotatable bonds is 5. The molecule has 154 valence electrons. The maximum absolute atomic E-state index is 14.9. The summed E-state index contributed by atoms with van der Waals surface area (Å²) in [6, 6.07) is 18.9. The summed E-state index contributed by atoms with van der Waals surface area (Å²) in [6.45, 7) is 1.73. The van der Waals surface area contributed by atoms with Crippen molar-refractivity contribution in [3.05, 3.63) is 99.8 Å². The fourth-order valence-electron chi connectivity index (χ4n) is 3.93. The van der Waals surface area contributed by atoms with Crippen molar-refractivity contribution in [2.45, 2.75) is 25.8 Å². The first-order valence-corrected chi connectivity index (χ1v) is 11.1. The zero-order valence-corrected chi connectivity index (χ0v) is 17.8. The summed E-state index contributed by atoms with van der Waals surface area (Å²) in [7, 11) is 0. The summed E-state index contributed by atoms with van der Waals surface area (Å²) in [4.78, 5) is 19.2. The SMILES string of the molecule is Cc1cccc(-c2c[n+]3c(c(Cc4ccccc4)n2)NC(Cc2cccs2)C3=O)c1F. The Balaban J connectivity index is 1.60. The largest absolute Gasteiger partial charge is 0.359 e. The van der Waals surface area contributed by atoms with Gasteiger partial charge in [-0.1, -0.05) is 48.5 Å². The highest BCUT2D eigenvalue weighted by Crippen LogP contribution is 2.27. The third-order valence-electron chi connectivity index (χ3n) is 5.54. The normalized spacial score (nSPS) is 15.0. The number of thiophene rings is 1. The Morgan fingerprint density at radius 1 is 1.10 bits per heavy atom. The molecule has 5 rings (SSSR count). The summed E-state index contributed by atoms with van der Waals surface area (Å²) >= 11 is 1.63. The summed E-state index contributed by atoms with van der Waals surface area (Å²) in [6.07, 6.45) is 2.81. The molecule has 4 aromatic rings. The molecule has 2 aromatic heterocycles. The number of nitrogens with one attached hydrogen (secondary N) is 1. The number of carbonyl (C=O) groups is 1. The molecule has 3 heterocycles. The summed E-state index contributed by atoms with van der Waals surface area (Å²) in [5.41, 5.74) is 3.22. The van der Waals surface area contributed by atoms with Crippen LogP contribution in [0.15, 0.2) is 72.2 Å². The molecule has 1 N–H and O–H groups in total. The standard InChI is InChI=1S/C25H20FN3OS/c1-16-7-5-11-19(23(16)26)22-15-29-24(20(27-22)13-17-8-3-2-4-9-17)28-21(25(29)30)14-18-10-6-12-31-18/h2-12,15,21H,13-14H2,1H3/p+1. The van der Waals surface area contributed by atoms with Crippen molar-refractivity contribution in [3.63, 3.8) is 0 Å². The minimum absolute atomic E-state index is 0.0468. The first-order chi connectivity index (χ1) is 15.1. The number of hydrogen-bond donors (Lipinski definition) is 1. The lowest BCUT2D eigenvalue weighted by molar-refractivity contribution is -0.552. The second-order valence-electron chi connectivity index (χ2n) is 7.71. The molecule has 0 fully saturated rings. The van der Waals surface area contributed by atoms with Gasteiger partial charge in [0.25, 0.3) is 0 Å². The molecule has 2 aromatic carbocycles. The van der Waals surface area contributed by atoms with E-state index in [0.717, 1.165) is 16.1 Å². The van der Waals surface area contributed by atoms with Gasteiger partial charge in [0.15, 0.2) is 6.04 Å². The van der Waals surface area contributed by atoms with Gasteiger partial charge in [-0.15, -0.1) is 11.3 Å². The van der Waals surface area contributed by atoms with Gasteiger partial charge in [0.1, 0.15) is 23.4 Å². The molecule has 1 aliphatic heterocycles. The van der Waals surface area contributed by atoms with E-state index >= 15 is 0 Å². The molecule has 1 atom stereocenters. The van der Waals surface area contributed by atoms with Crippen molar-refractivity contribution in [1.29, 1.82) is 0 Å². The van der Waals surface area contributed by atoms with E-state index in [9.17, 15) is 9.18 Å². The van der Waals surface area contributed by atoms with E-state index in [4.69, 9.17) is 4.98 Å². The second kappa shape index (κ2) is 8.04. The number of carbonyl (C=O) groups excluding carboxylic acids is 1. The fraction of sp³-hybridized carbons (Fsp3) is 0.160. The molecule has 0 saturated carbocycles. The molecule has 0 saturated heterocycles. The Kier molecular flexibility index (Phi) is 5.08. The lowest BCUT2D eigenvalue weighted by Gasteiger charge is -2.09. The van der Waals surface area contributed by atoms with E-state index in [1.54, 1.807) is 41.2 Å². The topological polar surface area (TPSA) is 45.9 Å². The van der Waals surface area contributed by atoms with Crippen LogP contribution in [-0.2, 0) is 12.8 Å². The second-order valence-corrected chi connectivity index (χ2v) is 8.74. The van der Waals surface area contributed by atoms with Crippen LogP contribution in [-0.4, -0.2) is 16.9 Å². The van der Waals surface area contributed by atoms with E-state index in [2.05, 4.69) is 5.32 Å². The van der Waals surface area contributed by atoms with Crippen LogP contribution in [0.4, 0.5) is 10.2 Å². The van der Waals surface area contributed by atoms with Crippen LogP contribution >= 0.6 is 11.3 Å². The highest BCUT2D eigenvalue weighted by atomic mass is 32.1. The molecule has 4 nitrogen and oxygen atoms in total. The van der Waals surface area contributed by atoms with E-state index < -0.39 is 0 Å². The van der Waals surface area contributed by atoms with E-state index in [1.165, 1.54) is 0 Å². The van der Waals surface area contributed by atoms with Crippen LogP contribution in [0.25, 0.3) is 11.3 Å². The highest BCUT2D eigenvalue weighted by molar-refractivity contribution is 7.09. The van der Waals surface area contributed by atoms with Crippen molar-refractivity contribution in [1.82, 2.24) is 4.98 Å². The van der Waals surface area contributed by atoms with Gasteiger partial charge in [-0.3, -0.25) is 5.32 Å². The Bertz CT molecular complexity index is 1260. The number of halogens is 1. The fourth-order valence-corrected chi connectivity index (χ4v) is 4.68. The molecule has 0 bridgehead atoms. The first-order valence-electron chi connectivity index (χ1n) is 10.2. The van der Waals surface area contributed by atoms with Gasteiger partial charge >= 0.3 is 11.7 Å². The van der Waals surface area contributed by atoms with Crippen LogP contribution in [0.5, 0.6) is 0 Å². The molecule has 0 amide bonds. The number of nitrogens with zero attached hydrogens (tertiary/aromatic N) is 2. The number of aryl methyl sites for hydroxylation is 1. The molecule has 1 unspecified atom stereocenters. The van der Waals surface area contributed by atoms with Crippen molar-refractivity contribution in [3.8, 4) is 11.3 Å². The average molecular weight is 431 g/mol. The number of fused-ring (bicyclic) bond motifs is 1. The van der Waals surface area contributed by atoms with Crippen molar-refractivity contribution >= 4 is 23.1 Å². The Labute approximate surface area is 184 Å². The number of benzene rings is 2. The Hall–Kier alpha value is -3.38. The smallest absolute Gasteiger partial charge is 0.258 e. The van der Waals surface area contributed by atoms with Gasteiger partial charge in [0.2, 0.25) is 0 Å². The van der Waals surface area contributed by atoms with Crippen LogP contribution in [0.2, 0.25) is 0 Å². The lowest BCUT2D eigenvalue weighted by Crippen LogP contribution is -2.44. The maximum atomic E-state index is 14.9. The van der Waals surface area contributed by atoms with Gasteiger partial charge in [0, 0.05) is 23.3 Å². The number of anilines is 1. The summed E-state index contributed by atoms with van der Waals surface area (Å²) in [5.74, 6) is 0.330. The average Bonchev–Trinajstić information content (AvgIpc) is 3.40. The molecule has 0 aliphatic carbocycles. The summed E-state index contributed by atoms with van der Waals surface area (Å²) < 4.78 is 16.5. The van der Waals surface area contributed by atoms with Crippen molar-refractivity contribution < 1.29 is 13.8 Å². The molecule has 1 aliphatic rings. The zero-order chi connectivity index (χ0) is 21.4. The van der Waals surface area contributed by atoms with Gasteiger partial charge in [-0.2, -0.15) is 4.57 Å². The van der Waals surface area contributed by atoms with Crippen LogP contribution in [0.3, 0.4) is 0 Å². The van der Waals surface area contributed by atoms with Gasteiger partial charge in [-0.05, 0) is 35.6 Å². The molecule has 0 spiro atoms. The quantitative estimate of drug-likeness (QED) is 0.462. The Morgan fingerprint density at radius 3 is 2.71 bits per heavy atom. The van der Waals surface area contributed by atoms with Crippen molar-refractivity contribution in [2.24, 2.45) is 0 Å². The van der Waals surface area contributed by atoms with Crippen LogP contribution in [0.1, 0.15) is 26.5 Å². The van der Waals surface area contributed by atoms with Gasteiger partial charge in [0.05, 0.1) is 0 Å². The third-order valence-corrected chi connectivity index (χ3v) is 6.43. The molecular formula is C25H21FN3OS+. The van der Waals surface area contributed by atoms with E-state index in [-0.39, 0.29) is 17.8 Å². The Morgan fingerprint density at radius 2 is 1.94 bits per heavy atom. The maximum Gasteiger partial charge on any atom is 0.359 e. The number of hydrogen-bond acceptors (Lipinski definition) is 4. The van der Waals surface area contributed by atoms with E-state index in [0.29, 0.717) is 35.5 Å². The highest BCUT2D eigenvalue weighted by Gasteiger charge is 2.41. The predicted octanol–water partition coefficient (Wildman–Crippen LogP) is 4.81.